The SMILES string of the molecule is COC(=O)C(C)(O)CN1CCC(C)CC1C. The Balaban J connectivity index is 2.56. The summed E-state index contributed by atoms with van der Waals surface area (Å²) in [5.41, 5.74) is -1.40. The minimum absolute atomic E-state index is 0.355. The number of carbonyl (C=O) groups is 1. The topological polar surface area (TPSA) is 49.8 Å². The van der Waals surface area contributed by atoms with E-state index < -0.39 is 11.6 Å². The first kappa shape index (κ1) is 13.5. The van der Waals surface area contributed by atoms with Crippen LogP contribution < -0.4 is 0 Å². The molecule has 1 N–H and O–H groups in total. The molecule has 4 heteroatoms. The number of piperidine rings is 1. The fraction of sp³-hybridized carbons (Fsp3) is 0.917. The number of aliphatic hydroxyl groups is 1. The molecule has 1 fully saturated rings. The zero-order chi connectivity index (χ0) is 12.3. The largest absolute Gasteiger partial charge is 0.467 e. The van der Waals surface area contributed by atoms with E-state index in [1.165, 1.54) is 14.0 Å². The van der Waals surface area contributed by atoms with E-state index in [0.717, 1.165) is 25.3 Å². The molecule has 0 saturated carbocycles. The van der Waals surface area contributed by atoms with Crippen LogP contribution in [0.5, 0.6) is 0 Å². The number of carbonyl (C=O) groups excluding carboxylic acids is 1. The molecular weight excluding hydrogens is 206 g/mol. The van der Waals surface area contributed by atoms with Crippen LogP contribution in [0.2, 0.25) is 0 Å². The van der Waals surface area contributed by atoms with Gasteiger partial charge in [-0.1, -0.05) is 6.92 Å². The van der Waals surface area contributed by atoms with Crippen LogP contribution in [-0.4, -0.2) is 47.8 Å². The van der Waals surface area contributed by atoms with Gasteiger partial charge in [0, 0.05) is 12.6 Å². The fourth-order valence-corrected chi connectivity index (χ4v) is 2.37. The van der Waals surface area contributed by atoms with Crippen molar-refractivity contribution >= 4 is 5.97 Å². The van der Waals surface area contributed by atoms with E-state index in [1.54, 1.807) is 0 Å². The molecule has 0 aromatic rings. The van der Waals surface area contributed by atoms with Crippen LogP contribution in [0.1, 0.15) is 33.6 Å². The number of nitrogens with zero attached hydrogens (tertiary/aromatic N) is 1. The summed E-state index contributed by atoms with van der Waals surface area (Å²) in [6.45, 7) is 7.20. The average Bonchev–Trinajstić information content (AvgIpc) is 2.21. The second-order valence-corrected chi connectivity index (χ2v) is 5.21. The van der Waals surface area contributed by atoms with Gasteiger partial charge in [0.15, 0.2) is 5.60 Å². The summed E-state index contributed by atoms with van der Waals surface area (Å²) in [5, 5.41) is 10.0. The second kappa shape index (κ2) is 5.15. The number of esters is 1. The molecule has 3 unspecified atom stereocenters. The first-order chi connectivity index (χ1) is 7.36. The molecule has 3 atom stereocenters. The van der Waals surface area contributed by atoms with Gasteiger partial charge in [-0.15, -0.1) is 0 Å². The molecule has 0 aromatic carbocycles. The lowest BCUT2D eigenvalue weighted by Crippen LogP contribution is -2.52. The Morgan fingerprint density at radius 1 is 1.56 bits per heavy atom. The fourth-order valence-electron chi connectivity index (χ4n) is 2.37. The molecule has 4 nitrogen and oxygen atoms in total. The van der Waals surface area contributed by atoms with Crippen molar-refractivity contribution in [3.05, 3.63) is 0 Å². The van der Waals surface area contributed by atoms with Crippen molar-refractivity contribution in [2.45, 2.75) is 45.3 Å². The number of hydrogen-bond acceptors (Lipinski definition) is 4. The summed E-state index contributed by atoms with van der Waals surface area (Å²) in [6.07, 6.45) is 2.25. The highest BCUT2D eigenvalue weighted by molar-refractivity contribution is 5.78. The Morgan fingerprint density at radius 2 is 2.19 bits per heavy atom. The van der Waals surface area contributed by atoms with Crippen LogP contribution in [0, 0.1) is 5.92 Å². The van der Waals surface area contributed by atoms with Gasteiger partial charge in [-0.05, 0) is 39.2 Å². The highest BCUT2D eigenvalue weighted by Crippen LogP contribution is 2.23. The first-order valence-electron chi connectivity index (χ1n) is 5.91. The van der Waals surface area contributed by atoms with Gasteiger partial charge in [-0.25, -0.2) is 4.79 Å². The molecular formula is C12H23NO3. The summed E-state index contributed by atoms with van der Waals surface area (Å²) in [5.74, 6) is 0.174. The van der Waals surface area contributed by atoms with E-state index in [0.29, 0.717) is 12.6 Å². The molecule has 0 spiro atoms. The minimum Gasteiger partial charge on any atom is -0.467 e. The molecule has 94 valence electrons. The van der Waals surface area contributed by atoms with Crippen molar-refractivity contribution in [2.75, 3.05) is 20.2 Å². The third-order valence-corrected chi connectivity index (χ3v) is 3.41. The normalized spacial score (nSPS) is 30.8. The lowest BCUT2D eigenvalue weighted by atomic mass is 9.92. The van der Waals surface area contributed by atoms with E-state index in [4.69, 9.17) is 0 Å². The maximum atomic E-state index is 11.4. The monoisotopic (exact) mass is 229 g/mol. The predicted octanol–water partition coefficient (Wildman–Crippen LogP) is 1.03. The van der Waals surface area contributed by atoms with Crippen molar-refractivity contribution in [3.8, 4) is 0 Å². The molecule has 1 aliphatic rings. The Kier molecular flexibility index (Phi) is 4.33. The zero-order valence-electron chi connectivity index (χ0n) is 10.7. The quantitative estimate of drug-likeness (QED) is 0.734. The molecule has 1 rings (SSSR count). The molecule has 0 aromatic heterocycles. The van der Waals surface area contributed by atoms with Crippen LogP contribution in [0.25, 0.3) is 0 Å². The lowest BCUT2D eigenvalue weighted by molar-refractivity contribution is -0.163. The van der Waals surface area contributed by atoms with Crippen molar-refractivity contribution in [1.29, 1.82) is 0 Å². The number of β-amino-alcohol motifs (C(OH)–C–C–N with tert-alkyl or cyclic N) is 1. The minimum atomic E-state index is -1.40. The molecule has 0 aliphatic carbocycles. The Morgan fingerprint density at radius 3 is 2.69 bits per heavy atom. The smallest absolute Gasteiger partial charge is 0.338 e. The standard InChI is InChI=1S/C12H23NO3/c1-9-5-6-13(10(2)7-9)8-12(3,15)11(14)16-4/h9-10,15H,5-8H2,1-4H3. The third kappa shape index (κ3) is 3.19. The highest BCUT2D eigenvalue weighted by atomic mass is 16.5. The Bertz CT molecular complexity index is 253. The summed E-state index contributed by atoms with van der Waals surface area (Å²) < 4.78 is 4.60. The molecule has 0 bridgehead atoms. The van der Waals surface area contributed by atoms with Crippen LogP contribution in [0.4, 0.5) is 0 Å². The van der Waals surface area contributed by atoms with Crippen molar-refractivity contribution in [2.24, 2.45) is 5.92 Å². The molecule has 0 radical (unpaired) electrons. The third-order valence-electron chi connectivity index (χ3n) is 3.41. The van der Waals surface area contributed by atoms with Crippen LogP contribution >= 0.6 is 0 Å². The number of rotatable bonds is 3. The van der Waals surface area contributed by atoms with Gasteiger partial charge in [-0.3, -0.25) is 4.90 Å². The number of hydrogen-bond donors (Lipinski definition) is 1. The second-order valence-electron chi connectivity index (χ2n) is 5.21. The predicted molar refractivity (Wildman–Crippen MR) is 62.1 cm³/mol. The molecule has 0 amide bonds. The Hall–Kier alpha value is -0.610. The van der Waals surface area contributed by atoms with E-state index in [9.17, 15) is 9.90 Å². The number of likely N-dealkylation sites (tertiary alicyclic amines) is 1. The van der Waals surface area contributed by atoms with E-state index >= 15 is 0 Å². The van der Waals surface area contributed by atoms with E-state index in [1.807, 2.05) is 0 Å². The van der Waals surface area contributed by atoms with Crippen LogP contribution in [0.15, 0.2) is 0 Å². The van der Waals surface area contributed by atoms with Crippen molar-refractivity contribution < 1.29 is 14.6 Å². The van der Waals surface area contributed by atoms with Gasteiger partial charge in [0.25, 0.3) is 0 Å². The number of ether oxygens (including phenoxy) is 1. The van der Waals surface area contributed by atoms with Gasteiger partial charge in [-0.2, -0.15) is 0 Å². The average molecular weight is 229 g/mol. The van der Waals surface area contributed by atoms with Crippen molar-refractivity contribution in [3.63, 3.8) is 0 Å². The molecule has 1 saturated heterocycles. The summed E-state index contributed by atoms with van der Waals surface area (Å²) in [6, 6.07) is 0.417. The van der Waals surface area contributed by atoms with Crippen LogP contribution in [-0.2, 0) is 9.53 Å². The summed E-state index contributed by atoms with van der Waals surface area (Å²) in [4.78, 5) is 13.5. The lowest BCUT2D eigenvalue weighted by Gasteiger charge is -2.39. The number of methoxy groups -OCH3 is 1. The van der Waals surface area contributed by atoms with Gasteiger partial charge in [0.2, 0.25) is 0 Å². The molecule has 16 heavy (non-hydrogen) atoms. The highest BCUT2D eigenvalue weighted by Gasteiger charge is 2.36. The first-order valence-corrected chi connectivity index (χ1v) is 5.91. The Labute approximate surface area is 97.6 Å². The van der Waals surface area contributed by atoms with E-state index in [2.05, 4.69) is 23.5 Å². The maximum Gasteiger partial charge on any atom is 0.338 e. The van der Waals surface area contributed by atoms with Crippen LogP contribution in [0.3, 0.4) is 0 Å². The van der Waals surface area contributed by atoms with Gasteiger partial charge in [0.1, 0.15) is 0 Å². The van der Waals surface area contributed by atoms with Crippen molar-refractivity contribution in [1.82, 2.24) is 4.90 Å². The van der Waals surface area contributed by atoms with Gasteiger partial charge in [0.05, 0.1) is 7.11 Å². The maximum absolute atomic E-state index is 11.4. The van der Waals surface area contributed by atoms with Gasteiger partial charge < -0.3 is 9.84 Å². The van der Waals surface area contributed by atoms with E-state index in [-0.39, 0.29) is 0 Å². The zero-order valence-corrected chi connectivity index (χ0v) is 10.7. The van der Waals surface area contributed by atoms with Gasteiger partial charge >= 0.3 is 5.97 Å². The summed E-state index contributed by atoms with van der Waals surface area (Å²) >= 11 is 0. The summed E-state index contributed by atoms with van der Waals surface area (Å²) in [7, 11) is 1.30. The molecule has 1 heterocycles. The molecule has 1 aliphatic heterocycles.